The van der Waals surface area contributed by atoms with Crippen molar-refractivity contribution in [3.05, 3.63) is 18.2 Å². The first-order valence-corrected chi connectivity index (χ1v) is 8.74. The molecule has 0 spiro atoms. The minimum absolute atomic E-state index is 0.241. The van der Waals surface area contributed by atoms with Gasteiger partial charge < -0.3 is 10.6 Å². The molecule has 1 aliphatic rings. The SMILES string of the molecule is CNc1nc(NC2(C#N)CCCCC2)nc(-n2ccnc2C(C)C)n1. The van der Waals surface area contributed by atoms with E-state index in [4.69, 9.17) is 0 Å². The van der Waals surface area contributed by atoms with Crippen LogP contribution in [0, 0.1) is 11.3 Å². The van der Waals surface area contributed by atoms with Crippen LogP contribution in [0.5, 0.6) is 0 Å². The summed E-state index contributed by atoms with van der Waals surface area (Å²) < 4.78 is 1.86. The monoisotopic (exact) mass is 340 g/mol. The van der Waals surface area contributed by atoms with Gasteiger partial charge in [0.15, 0.2) is 0 Å². The van der Waals surface area contributed by atoms with Crippen molar-refractivity contribution in [3.63, 3.8) is 0 Å². The van der Waals surface area contributed by atoms with Crippen molar-refractivity contribution in [2.45, 2.75) is 57.4 Å². The highest BCUT2D eigenvalue weighted by Gasteiger charge is 2.33. The maximum absolute atomic E-state index is 9.69. The molecule has 0 unspecified atom stereocenters. The summed E-state index contributed by atoms with van der Waals surface area (Å²) in [6.45, 7) is 4.15. The van der Waals surface area contributed by atoms with Gasteiger partial charge in [0.25, 0.3) is 0 Å². The van der Waals surface area contributed by atoms with E-state index in [2.05, 4.69) is 50.5 Å². The van der Waals surface area contributed by atoms with Crippen LogP contribution in [-0.2, 0) is 0 Å². The van der Waals surface area contributed by atoms with Gasteiger partial charge in [-0.25, -0.2) is 4.98 Å². The highest BCUT2D eigenvalue weighted by molar-refractivity contribution is 5.42. The molecule has 8 nitrogen and oxygen atoms in total. The summed E-state index contributed by atoms with van der Waals surface area (Å²) in [4.78, 5) is 17.8. The number of aromatic nitrogens is 5. The van der Waals surface area contributed by atoms with Gasteiger partial charge in [0.1, 0.15) is 11.4 Å². The molecular formula is C17H24N8. The molecule has 2 heterocycles. The van der Waals surface area contributed by atoms with Crippen LogP contribution in [0.3, 0.4) is 0 Å². The normalized spacial score (nSPS) is 16.4. The van der Waals surface area contributed by atoms with Gasteiger partial charge in [-0.05, 0) is 12.8 Å². The quantitative estimate of drug-likeness (QED) is 0.862. The number of hydrogen-bond acceptors (Lipinski definition) is 7. The molecule has 2 N–H and O–H groups in total. The Morgan fingerprint density at radius 2 is 1.88 bits per heavy atom. The molecule has 0 aliphatic heterocycles. The summed E-state index contributed by atoms with van der Waals surface area (Å²) in [7, 11) is 1.76. The first-order valence-electron chi connectivity index (χ1n) is 8.74. The number of imidazole rings is 1. The fourth-order valence-electron chi connectivity index (χ4n) is 3.19. The topological polar surface area (TPSA) is 104 Å². The zero-order valence-corrected chi connectivity index (χ0v) is 15.0. The molecule has 1 saturated carbocycles. The van der Waals surface area contributed by atoms with E-state index in [0.717, 1.165) is 31.5 Å². The summed E-state index contributed by atoms with van der Waals surface area (Å²) in [6, 6.07) is 2.44. The van der Waals surface area contributed by atoms with E-state index in [0.29, 0.717) is 17.8 Å². The van der Waals surface area contributed by atoms with Gasteiger partial charge in [0.05, 0.1) is 6.07 Å². The zero-order valence-electron chi connectivity index (χ0n) is 15.0. The van der Waals surface area contributed by atoms with Gasteiger partial charge >= 0.3 is 0 Å². The average Bonchev–Trinajstić information content (AvgIpc) is 3.12. The highest BCUT2D eigenvalue weighted by Crippen LogP contribution is 2.30. The molecule has 2 aromatic heterocycles. The van der Waals surface area contributed by atoms with Crippen molar-refractivity contribution in [3.8, 4) is 12.0 Å². The molecule has 25 heavy (non-hydrogen) atoms. The summed E-state index contributed by atoms with van der Waals surface area (Å²) in [5.41, 5.74) is -0.600. The fourth-order valence-corrected chi connectivity index (χ4v) is 3.19. The second-order valence-corrected chi connectivity index (χ2v) is 6.72. The standard InChI is InChI=1S/C17H24N8/c1-12(2)13-20-9-10-25(13)16-22-14(19-3)21-15(23-16)24-17(11-18)7-5-4-6-8-17/h9-10,12H,4-8H2,1-3H3,(H2,19,21,22,23,24). The van der Waals surface area contributed by atoms with Crippen molar-refractivity contribution in [1.29, 1.82) is 5.26 Å². The van der Waals surface area contributed by atoms with E-state index in [1.165, 1.54) is 6.42 Å². The third kappa shape index (κ3) is 3.55. The number of rotatable bonds is 5. The number of hydrogen-bond donors (Lipinski definition) is 2. The predicted molar refractivity (Wildman–Crippen MR) is 95.6 cm³/mol. The molecule has 3 rings (SSSR count). The Hall–Kier alpha value is -2.69. The zero-order chi connectivity index (χ0) is 17.9. The minimum Gasteiger partial charge on any atom is -0.357 e. The van der Waals surface area contributed by atoms with Crippen molar-refractivity contribution >= 4 is 11.9 Å². The Kier molecular flexibility index (Phi) is 4.83. The van der Waals surface area contributed by atoms with E-state index < -0.39 is 5.54 Å². The van der Waals surface area contributed by atoms with Crippen LogP contribution in [0.1, 0.15) is 57.7 Å². The summed E-state index contributed by atoms with van der Waals surface area (Å²) >= 11 is 0. The van der Waals surface area contributed by atoms with Crippen LogP contribution < -0.4 is 10.6 Å². The van der Waals surface area contributed by atoms with Crippen LogP contribution in [-0.4, -0.2) is 37.1 Å². The lowest BCUT2D eigenvalue weighted by molar-refractivity contribution is 0.390. The third-order valence-electron chi connectivity index (χ3n) is 4.52. The summed E-state index contributed by atoms with van der Waals surface area (Å²) in [5.74, 6) is 2.49. The van der Waals surface area contributed by atoms with Gasteiger partial charge in [0, 0.05) is 25.4 Å². The maximum atomic E-state index is 9.69. The molecule has 0 aromatic carbocycles. The van der Waals surface area contributed by atoms with Crippen molar-refractivity contribution < 1.29 is 0 Å². The molecular weight excluding hydrogens is 316 g/mol. The molecule has 1 aliphatic carbocycles. The van der Waals surface area contributed by atoms with Gasteiger partial charge in [0.2, 0.25) is 17.8 Å². The largest absolute Gasteiger partial charge is 0.357 e. The second-order valence-electron chi connectivity index (χ2n) is 6.72. The molecule has 2 aromatic rings. The molecule has 0 radical (unpaired) electrons. The summed E-state index contributed by atoms with van der Waals surface area (Å²) in [5, 5.41) is 15.9. The van der Waals surface area contributed by atoms with E-state index in [9.17, 15) is 5.26 Å². The van der Waals surface area contributed by atoms with Crippen molar-refractivity contribution in [2.75, 3.05) is 17.7 Å². The third-order valence-corrected chi connectivity index (χ3v) is 4.52. The first-order chi connectivity index (χ1) is 12.1. The molecule has 0 atom stereocenters. The Morgan fingerprint density at radius 3 is 2.52 bits per heavy atom. The fraction of sp³-hybridized carbons (Fsp3) is 0.588. The van der Waals surface area contributed by atoms with Crippen LogP contribution in [0.25, 0.3) is 5.95 Å². The molecule has 8 heteroatoms. The molecule has 1 fully saturated rings. The second kappa shape index (κ2) is 7.05. The Bertz CT molecular complexity index is 767. The van der Waals surface area contributed by atoms with Crippen molar-refractivity contribution in [2.24, 2.45) is 0 Å². The van der Waals surface area contributed by atoms with Gasteiger partial charge in [-0.3, -0.25) is 4.57 Å². The number of nitrogens with zero attached hydrogens (tertiary/aromatic N) is 6. The molecule has 0 amide bonds. The van der Waals surface area contributed by atoms with Gasteiger partial charge in [-0.1, -0.05) is 33.1 Å². The van der Waals surface area contributed by atoms with E-state index in [-0.39, 0.29) is 5.92 Å². The van der Waals surface area contributed by atoms with E-state index in [1.54, 1.807) is 13.2 Å². The van der Waals surface area contributed by atoms with E-state index >= 15 is 0 Å². The smallest absolute Gasteiger partial charge is 0.241 e. The first kappa shape index (κ1) is 17.1. The Morgan fingerprint density at radius 1 is 1.16 bits per heavy atom. The number of nitrogens with one attached hydrogen (secondary N) is 2. The van der Waals surface area contributed by atoms with E-state index in [1.807, 2.05) is 10.8 Å². The highest BCUT2D eigenvalue weighted by atomic mass is 15.3. The van der Waals surface area contributed by atoms with Crippen LogP contribution in [0.4, 0.5) is 11.9 Å². The lowest BCUT2D eigenvalue weighted by Crippen LogP contribution is -2.39. The lowest BCUT2D eigenvalue weighted by atomic mass is 9.83. The Labute approximate surface area is 147 Å². The van der Waals surface area contributed by atoms with Gasteiger partial charge in [-0.2, -0.15) is 20.2 Å². The summed E-state index contributed by atoms with van der Waals surface area (Å²) in [6.07, 6.45) is 8.44. The van der Waals surface area contributed by atoms with Crippen molar-refractivity contribution in [1.82, 2.24) is 24.5 Å². The molecule has 0 saturated heterocycles. The predicted octanol–water partition coefficient (Wildman–Crippen LogP) is 2.86. The van der Waals surface area contributed by atoms with Crippen LogP contribution in [0.2, 0.25) is 0 Å². The maximum Gasteiger partial charge on any atom is 0.241 e. The lowest BCUT2D eigenvalue weighted by Gasteiger charge is -2.31. The van der Waals surface area contributed by atoms with Crippen LogP contribution in [0.15, 0.2) is 12.4 Å². The van der Waals surface area contributed by atoms with Crippen LogP contribution >= 0.6 is 0 Å². The molecule has 132 valence electrons. The minimum atomic E-state index is -0.600. The Balaban J connectivity index is 1.98. The average molecular weight is 340 g/mol. The molecule has 0 bridgehead atoms. The number of nitriles is 1. The number of anilines is 2. The van der Waals surface area contributed by atoms with Gasteiger partial charge in [-0.15, -0.1) is 0 Å².